The van der Waals surface area contributed by atoms with Crippen molar-refractivity contribution in [2.24, 2.45) is 0 Å². The van der Waals surface area contributed by atoms with E-state index in [9.17, 15) is 4.11 Å². The van der Waals surface area contributed by atoms with E-state index in [4.69, 9.17) is 19.5 Å². The highest BCUT2D eigenvalue weighted by atomic mass is 16.3. The monoisotopic (exact) mass is 610 g/mol. The van der Waals surface area contributed by atoms with E-state index in [1.165, 1.54) is 0 Å². The molecule has 0 bridgehead atoms. The first-order chi connectivity index (χ1) is 29.2. The molecule has 0 unspecified atom stereocenters. The van der Waals surface area contributed by atoms with Crippen molar-refractivity contribution in [2.45, 2.75) is 0 Å². The maximum atomic E-state index is 9.69. The zero-order valence-corrected chi connectivity index (χ0v) is 24.5. The molecular weight excluding hydrogens is 569 g/mol. The Morgan fingerprint density at radius 1 is 0.383 bits per heavy atom. The van der Waals surface area contributed by atoms with Gasteiger partial charge in [-0.3, -0.25) is 0 Å². The predicted molar refractivity (Wildman–Crippen MR) is 200 cm³/mol. The van der Waals surface area contributed by atoms with Crippen LogP contribution >= 0.6 is 0 Å². The fraction of sp³-hybridized carbons (Fsp3) is 0. The van der Waals surface area contributed by atoms with E-state index < -0.39 is 54.4 Å². The van der Waals surface area contributed by atoms with Gasteiger partial charge in [-0.05, 0) is 89.2 Å². The molecule has 0 atom stereocenters. The molecule has 1 heteroatoms. The minimum atomic E-state index is -0.570. The summed E-state index contributed by atoms with van der Waals surface area (Å²) in [5.41, 5.74) is 2.35. The molecule has 0 aliphatic carbocycles. The molecule has 0 aliphatic rings. The molecule has 0 aliphatic heterocycles. The van der Waals surface area contributed by atoms with Crippen molar-refractivity contribution in [1.82, 2.24) is 0 Å². The Bertz CT molecular complexity index is 3560. The second kappa shape index (κ2) is 10.2. The van der Waals surface area contributed by atoms with E-state index >= 15 is 0 Å². The summed E-state index contributed by atoms with van der Waals surface area (Å²) in [7, 11) is 0. The van der Waals surface area contributed by atoms with Crippen LogP contribution < -0.4 is 0 Å². The van der Waals surface area contributed by atoms with Crippen LogP contribution in [0.4, 0.5) is 0 Å². The van der Waals surface area contributed by atoms with E-state index in [2.05, 4.69) is 0 Å². The van der Waals surface area contributed by atoms with E-state index in [1.807, 2.05) is 78.9 Å². The molecule has 0 N–H and O–H groups in total. The van der Waals surface area contributed by atoms with Crippen LogP contribution in [0.5, 0.6) is 0 Å². The van der Waals surface area contributed by atoms with Crippen molar-refractivity contribution in [3.8, 4) is 33.4 Å². The molecule has 10 aromatic rings. The van der Waals surface area contributed by atoms with Gasteiger partial charge in [0.15, 0.2) is 0 Å². The highest BCUT2D eigenvalue weighted by Gasteiger charge is 2.20. The lowest BCUT2D eigenvalue weighted by Gasteiger charge is -2.19. The molecule has 1 nitrogen and oxygen atoms in total. The third-order valence-electron chi connectivity index (χ3n) is 8.83. The van der Waals surface area contributed by atoms with Gasteiger partial charge >= 0.3 is 0 Å². The van der Waals surface area contributed by atoms with Crippen molar-refractivity contribution in [3.05, 3.63) is 170 Å². The molecule has 218 valence electrons. The lowest BCUT2D eigenvalue weighted by molar-refractivity contribution is 0.673. The molecule has 0 radical (unpaired) electrons. The van der Waals surface area contributed by atoms with Crippen molar-refractivity contribution in [3.63, 3.8) is 0 Å². The molecule has 0 saturated carbocycles. The Kier molecular flexibility index (Phi) is 3.44. The molecule has 10 rings (SSSR count). The molecule has 0 spiro atoms. The van der Waals surface area contributed by atoms with Crippen molar-refractivity contribution in [2.75, 3.05) is 0 Å². The van der Waals surface area contributed by atoms with Gasteiger partial charge in [0, 0.05) is 16.2 Å². The summed E-state index contributed by atoms with van der Waals surface area (Å²) in [5, 5.41) is 3.65. The molecule has 0 saturated heterocycles. The standard InChI is InChI=1S/C46H28O/c1-2-12-29(13-3-1)32-26-27-41(35-17-7-6-16-34(32)35)45-39-20-10-8-18-37(39)44(38-19-9-11-21-40(38)45)31-23-24-36-42-25-22-30-14-4-5-15-33(30)46(42)47-43(36)28-31/h1-28H/i1D,2D,3D,4D,5D,12D,13D,14D,15D,22D,23D,24D,25D,28D. The van der Waals surface area contributed by atoms with Gasteiger partial charge in [-0.1, -0.05) is 151 Å². The summed E-state index contributed by atoms with van der Waals surface area (Å²) in [5.74, 6) is 0. The number of rotatable bonds is 3. The topological polar surface area (TPSA) is 13.1 Å². The first-order valence-corrected chi connectivity index (χ1v) is 15.1. The maximum Gasteiger partial charge on any atom is 0.143 e. The second-order valence-electron chi connectivity index (χ2n) is 11.3. The van der Waals surface area contributed by atoms with Crippen LogP contribution in [0.1, 0.15) is 19.2 Å². The lowest BCUT2D eigenvalue weighted by Crippen LogP contribution is -1.92. The summed E-state index contributed by atoms with van der Waals surface area (Å²) >= 11 is 0. The summed E-state index contributed by atoms with van der Waals surface area (Å²) in [6.07, 6.45) is 0. The van der Waals surface area contributed by atoms with Crippen LogP contribution in [0, 0.1) is 0 Å². The SMILES string of the molecule is [2H]c1c([2H])c([2H])c(-c2ccc(-c3c4ccccc4c(-c4c([2H])c([2H])c5c(oc6c7c([2H])c([2H])c([2H])c([2H])c7c([2H])c([2H])c65)c4[2H])c4ccccc34)c3ccccc23)c([2H])c1[2H]. The van der Waals surface area contributed by atoms with Crippen LogP contribution in [-0.2, 0) is 0 Å². The summed E-state index contributed by atoms with van der Waals surface area (Å²) in [6, 6.07) is 20.1. The smallest absolute Gasteiger partial charge is 0.143 e. The molecule has 47 heavy (non-hydrogen) atoms. The van der Waals surface area contributed by atoms with Gasteiger partial charge < -0.3 is 4.42 Å². The minimum absolute atomic E-state index is 0.0701. The fourth-order valence-corrected chi connectivity index (χ4v) is 6.84. The Morgan fingerprint density at radius 2 is 0.957 bits per heavy atom. The Balaban J connectivity index is 1.31. The van der Waals surface area contributed by atoms with Gasteiger partial charge in [0.25, 0.3) is 0 Å². The number of fused-ring (bicyclic) bond motifs is 8. The summed E-state index contributed by atoms with van der Waals surface area (Å²) in [4.78, 5) is 0. The lowest BCUT2D eigenvalue weighted by atomic mass is 9.83. The van der Waals surface area contributed by atoms with Gasteiger partial charge in [-0.25, -0.2) is 0 Å². The highest BCUT2D eigenvalue weighted by molar-refractivity contribution is 6.25. The van der Waals surface area contributed by atoms with Gasteiger partial charge in [0.2, 0.25) is 0 Å². The van der Waals surface area contributed by atoms with Gasteiger partial charge in [0.05, 0.1) is 19.2 Å². The largest absolute Gasteiger partial charge is 0.455 e. The average Bonchev–Trinajstić information content (AvgIpc) is 3.68. The Labute approximate surface area is 291 Å². The summed E-state index contributed by atoms with van der Waals surface area (Å²) in [6.45, 7) is 0. The molecule has 0 fully saturated rings. The van der Waals surface area contributed by atoms with Crippen LogP contribution in [0.3, 0.4) is 0 Å². The van der Waals surface area contributed by atoms with Crippen molar-refractivity contribution >= 4 is 65.0 Å². The average molecular weight is 611 g/mol. The zero-order chi connectivity index (χ0) is 43.1. The number of hydrogen-bond acceptors (Lipinski definition) is 1. The predicted octanol–water partition coefficient (Wildman–Crippen LogP) is 13.2. The molecule has 9 aromatic carbocycles. The highest BCUT2D eigenvalue weighted by Crippen LogP contribution is 2.47. The van der Waals surface area contributed by atoms with Gasteiger partial charge in [-0.15, -0.1) is 0 Å². The summed E-state index contributed by atoms with van der Waals surface area (Å²) < 4.78 is 129. The van der Waals surface area contributed by atoms with E-state index in [1.54, 1.807) is 6.07 Å². The van der Waals surface area contributed by atoms with Gasteiger partial charge in [-0.2, -0.15) is 0 Å². The van der Waals surface area contributed by atoms with Crippen LogP contribution in [0.15, 0.2) is 174 Å². The van der Waals surface area contributed by atoms with E-state index in [0.717, 1.165) is 27.3 Å². The zero-order valence-electron chi connectivity index (χ0n) is 38.5. The van der Waals surface area contributed by atoms with Crippen molar-refractivity contribution in [1.29, 1.82) is 0 Å². The fourth-order valence-electron chi connectivity index (χ4n) is 6.84. The second-order valence-corrected chi connectivity index (χ2v) is 11.3. The minimum Gasteiger partial charge on any atom is -0.455 e. The van der Waals surface area contributed by atoms with E-state index in [-0.39, 0.29) is 74.0 Å². The first-order valence-electron chi connectivity index (χ1n) is 22.1. The Hall–Kier alpha value is -6.18. The van der Waals surface area contributed by atoms with Crippen molar-refractivity contribution < 1.29 is 23.6 Å². The van der Waals surface area contributed by atoms with Crippen LogP contribution in [-0.4, -0.2) is 0 Å². The van der Waals surface area contributed by atoms with Gasteiger partial charge in [0.1, 0.15) is 11.2 Å². The quantitative estimate of drug-likeness (QED) is 0.181. The maximum absolute atomic E-state index is 9.69. The molecule has 1 aromatic heterocycles. The Morgan fingerprint density at radius 3 is 1.68 bits per heavy atom. The number of benzene rings is 9. The molecule has 0 amide bonds. The first kappa shape index (κ1) is 15.9. The number of furan rings is 1. The normalized spacial score (nSPS) is 16.0. The third kappa shape index (κ3) is 3.90. The number of hydrogen-bond donors (Lipinski definition) is 0. The van der Waals surface area contributed by atoms with Crippen LogP contribution in [0.25, 0.3) is 98.4 Å². The van der Waals surface area contributed by atoms with Crippen LogP contribution in [0.2, 0.25) is 0 Å². The third-order valence-corrected chi connectivity index (χ3v) is 8.83. The molecular formula is C46H28O. The van der Waals surface area contributed by atoms with E-state index in [0.29, 0.717) is 27.3 Å². The molecule has 1 heterocycles.